The highest BCUT2D eigenvalue weighted by Crippen LogP contribution is 2.34. The van der Waals surface area contributed by atoms with Gasteiger partial charge in [-0.05, 0) is 18.2 Å². The Morgan fingerprint density at radius 3 is 2.57 bits per heavy atom. The van der Waals surface area contributed by atoms with E-state index in [-0.39, 0.29) is 28.4 Å². The predicted octanol–water partition coefficient (Wildman–Crippen LogP) is 0.810. The number of aromatic nitrogens is 1. The summed E-state index contributed by atoms with van der Waals surface area (Å²) in [7, 11) is 0. The zero-order chi connectivity index (χ0) is 15.0. The lowest BCUT2D eigenvalue weighted by atomic mass is 9.83. The topological polar surface area (TPSA) is 111 Å². The van der Waals surface area contributed by atoms with Crippen molar-refractivity contribution in [2.24, 2.45) is 5.73 Å². The molecule has 0 unspecified atom stereocenters. The van der Waals surface area contributed by atoms with E-state index in [1.165, 1.54) is 12.4 Å². The standard InChI is InChI=1S/C15H14N4O2/c16-4-6-19-11-2-1-10(17)12-13(11)14(20)8-3-5-18-7-9(8)15(12)21/h1-3,5,7,19H,4,6,16-17H2. The smallest absolute Gasteiger partial charge is 0.198 e. The minimum atomic E-state index is -0.276. The average molecular weight is 282 g/mol. The van der Waals surface area contributed by atoms with Crippen molar-refractivity contribution in [1.29, 1.82) is 0 Å². The maximum absolute atomic E-state index is 12.7. The first-order valence-corrected chi connectivity index (χ1v) is 6.55. The molecule has 6 heteroatoms. The van der Waals surface area contributed by atoms with Crippen molar-refractivity contribution in [3.05, 3.63) is 52.8 Å². The maximum Gasteiger partial charge on any atom is 0.198 e. The van der Waals surface area contributed by atoms with Crippen molar-refractivity contribution in [3.63, 3.8) is 0 Å². The second-order valence-corrected chi connectivity index (χ2v) is 4.75. The molecule has 1 aromatic heterocycles. The molecule has 0 spiro atoms. The summed E-state index contributed by atoms with van der Waals surface area (Å²) in [5, 5.41) is 3.06. The van der Waals surface area contributed by atoms with Crippen LogP contribution in [0.2, 0.25) is 0 Å². The number of pyridine rings is 1. The van der Waals surface area contributed by atoms with Crippen LogP contribution in [-0.2, 0) is 0 Å². The Morgan fingerprint density at radius 2 is 1.81 bits per heavy atom. The number of nitrogens with zero attached hydrogens (tertiary/aromatic N) is 1. The van der Waals surface area contributed by atoms with Crippen LogP contribution in [0.1, 0.15) is 31.8 Å². The van der Waals surface area contributed by atoms with E-state index in [0.717, 1.165) is 0 Å². The summed E-state index contributed by atoms with van der Waals surface area (Å²) in [6.45, 7) is 0.919. The van der Waals surface area contributed by atoms with Crippen molar-refractivity contribution in [2.45, 2.75) is 0 Å². The van der Waals surface area contributed by atoms with Crippen LogP contribution in [0.5, 0.6) is 0 Å². The van der Waals surface area contributed by atoms with E-state index in [0.29, 0.717) is 29.9 Å². The highest BCUT2D eigenvalue weighted by molar-refractivity contribution is 6.31. The number of hydrogen-bond donors (Lipinski definition) is 3. The first-order valence-electron chi connectivity index (χ1n) is 6.55. The van der Waals surface area contributed by atoms with Crippen LogP contribution in [0.25, 0.3) is 0 Å². The van der Waals surface area contributed by atoms with Crippen LogP contribution < -0.4 is 16.8 Å². The first kappa shape index (κ1) is 13.3. The quantitative estimate of drug-likeness (QED) is 0.613. The molecular formula is C15H14N4O2. The molecule has 0 amide bonds. The fraction of sp³-hybridized carbons (Fsp3) is 0.133. The van der Waals surface area contributed by atoms with Crippen LogP contribution in [0, 0.1) is 0 Å². The van der Waals surface area contributed by atoms with Gasteiger partial charge in [-0.25, -0.2) is 0 Å². The second-order valence-electron chi connectivity index (χ2n) is 4.75. The molecule has 0 aliphatic heterocycles. The lowest BCUT2D eigenvalue weighted by Gasteiger charge is -2.21. The fourth-order valence-corrected chi connectivity index (χ4v) is 2.50. The summed E-state index contributed by atoms with van der Waals surface area (Å²) >= 11 is 0. The molecule has 21 heavy (non-hydrogen) atoms. The third-order valence-corrected chi connectivity index (χ3v) is 3.46. The average Bonchev–Trinajstić information content (AvgIpc) is 2.51. The lowest BCUT2D eigenvalue weighted by molar-refractivity contribution is 0.0980. The number of nitrogen functional groups attached to an aromatic ring is 1. The van der Waals surface area contributed by atoms with Gasteiger partial charge in [-0.1, -0.05) is 0 Å². The number of rotatable bonds is 3. The Bertz CT molecular complexity index is 755. The zero-order valence-electron chi connectivity index (χ0n) is 11.2. The molecule has 106 valence electrons. The summed E-state index contributed by atoms with van der Waals surface area (Å²) in [4.78, 5) is 29.2. The molecule has 1 aliphatic carbocycles. The fourth-order valence-electron chi connectivity index (χ4n) is 2.50. The van der Waals surface area contributed by atoms with E-state index >= 15 is 0 Å². The van der Waals surface area contributed by atoms with E-state index in [9.17, 15) is 9.59 Å². The molecule has 5 N–H and O–H groups in total. The van der Waals surface area contributed by atoms with Gasteiger partial charge in [0.15, 0.2) is 11.6 Å². The van der Waals surface area contributed by atoms with Gasteiger partial charge in [0.25, 0.3) is 0 Å². The van der Waals surface area contributed by atoms with Gasteiger partial charge in [-0.15, -0.1) is 0 Å². The van der Waals surface area contributed by atoms with Gasteiger partial charge < -0.3 is 16.8 Å². The van der Waals surface area contributed by atoms with Crippen molar-refractivity contribution < 1.29 is 9.59 Å². The molecule has 3 rings (SSSR count). The Balaban J connectivity index is 2.24. The van der Waals surface area contributed by atoms with Gasteiger partial charge >= 0.3 is 0 Å². The summed E-state index contributed by atoms with van der Waals surface area (Å²) in [5.41, 5.74) is 13.4. The molecule has 1 aliphatic rings. The van der Waals surface area contributed by atoms with Gasteiger partial charge in [-0.2, -0.15) is 0 Å². The Kier molecular flexibility index (Phi) is 3.15. The van der Waals surface area contributed by atoms with Gasteiger partial charge in [0, 0.05) is 42.4 Å². The third-order valence-electron chi connectivity index (χ3n) is 3.46. The van der Waals surface area contributed by atoms with Crippen LogP contribution in [0.4, 0.5) is 11.4 Å². The normalized spacial score (nSPS) is 12.8. The summed E-state index contributed by atoms with van der Waals surface area (Å²) in [6, 6.07) is 4.86. The Labute approximate surface area is 121 Å². The SMILES string of the molecule is NCCNc1ccc(N)c2c1C(=O)c1ccncc1C2=O. The largest absolute Gasteiger partial charge is 0.398 e. The van der Waals surface area contributed by atoms with Crippen LogP contribution in [0.3, 0.4) is 0 Å². The molecule has 0 radical (unpaired) electrons. The van der Waals surface area contributed by atoms with E-state index in [4.69, 9.17) is 11.5 Å². The highest BCUT2D eigenvalue weighted by atomic mass is 16.1. The third kappa shape index (κ3) is 1.96. The number of benzene rings is 1. The highest BCUT2D eigenvalue weighted by Gasteiger charge is 2.33. The molecule has 1 aromatic carbocycles. The van der Waals surface area contributed by atoms with Crippen LogP contribution in [-0.4, -0.2) is 29.6 Å². The van der Waals surface area contributed by atoms with E-state index in [1.54, 1.807) is 18.2 Å². The molecule has 6 nitrogen and oxygen atoms in total. The molecule has 0 saturated carbocycles. The van der Waals surface area contributed by atoms with Crippen molar-refractivity contribution in [3.8, 4) is 0 Å². The van der Waals surface area contributed by atoms with E-state index < -0.39 is 0 Å². The number of carbonyl (C=O) groups is 2. The second kappa shape index (κ2) is 4.99. The number of anilines is 2. The molecule has 2 aromatic rings. The number of nitrogens with one attached hydrogen (secondary N) is 1. The van der Waals surface area contributed by atoms with E-state index in [2.05, 4.69) is 10.3 Å². The predicted molar refractivity (Wildman–Crippen MR) is 79.5 cm³/mol. The molecular weight excluding hydrogens is 268 g/mol. The molecule has 0 atom stereocenters. The number of fused-ring (bicyclic) bond motifs is 2. The van der Waals surface area contributed by atoms with Crippen molar-refractivity contribution >= 4 is 22.9 Å². The van der Waals surface area contributed by atoms with Crippen LogP contribution in [0.15, 0.2) is 30.6 Å². The number of carbonyl (C=O) groups excluding carboxylic acids is 2. The van der Waals surface area contributed by atoms with E-state index in [1.807, 2.05) is 0 Å². The van der Waals surface area contributed by atoms with Crippen LogP contribution >= 0.6 is 0 Å². The minimum absolute atomic E-state index is 0.228. The molecule has 1 heterocycles. The molecule has 0 fully saturated rings. The zero-order valence-corrected chi connectivity index (χ0v) is 11.2. The number of hydrogen-bond acceptors (Lipinski definition) is 6. The Morgan fingerprint density at radius 1 is 1.05 bits per heavy atom. The van der Waals surface area contributed by atoms with Crippen molar-refractivity contribution in [1.82, 2.24) is 4.98 Å². The van der Waals surface area contributed by atoms with Gasteiger partial charge in [0.05, 0.1) is 16.7 Å². The van der Waals surface area contributed by atoms with Gasteiger partial charge in [0.2, 0.25) is 0 Å². The van der Waals surface area contributed by atoms with Gasteiger partial charge in [0.1, 0.15) is 0 Å². The summed E-state index contributed by atoms with van der Waals surface area (Å²) in [5.74, 6) is -0.504. The minimum Gasteiger partial charge on any atom is -0.398 e. The Hall–Kier alpha value is -2.73. The summed E-state index contributed by atoms with van der Waals surface area (Å²) in [6.07, 6.45) is 2.90. The molecule has 0 saturated heterocycles. The number of nitrogens with two attached hydrogens (primary N) is 2. The maximum atomic E-state index is 12.7. The van der Waals surface area contributed by atoms with Crippen molar-refractivity contribution in [2.75, 3.05) is 24.1 Å². The number of ketones is 2. The first-order chi connectivity index (χ1) is 10.1. The molecule has 0 bridgehead atoms. The monoisotopic (exact) mass is 282 g/mol. The summed E-state index contributed by atoms with van der Waals surface area (Å²) < 4.78 is 0. The lowest BCUT2D eigenvalue weighted by Crippen LogP contribution is -2.25. The van der Waals surface area contributed by atoms with Gasteiger partial charge in [-0.3, -0.25) is 14.6 Å².